The van der Waals surface area contributed by atoms with E-state index in [1.165, 1.54) is 6.42 Å². The third-order valence-electron chi connectivity index (χ3n) is 4.26. The predicted octanol–water partition coefficient (Wildman–Crippen LogP) is 3.15. The quantitative estimate of drug-likeness (QED) is 0.831. The Morgan fingerprint density at radius 3 is 2.67 bits per heavy atom. The molecule has 1 aliphatic carbocycles. The van der Waals surface area contributed by atoms with Crippen LogP contribution in [0.1, 0.15) is 44.6 Å². The Bertz CT molecular complexity index is 589. The van der Waals surface area contributed by atoms with E-state index in [0.29, 0.717) is 21.8 Å². The molecule has 0 spiro atoms. The maximum Gasteiger partial charge on any atom is 0.241 e. The van der Waals surface area contributed by atoms with Crippen LogP contribution in [0.2, 0.25) is 0 Å². The Morgan fingerprint density at radius 2 is 2.05 bits per heavy atom. The molecular formula is C15H23BrN2O2S. The van der Waals surface area contributed by atoms with Crippen LogP contribution < -0.4 is 10.5 Å². The van der Waals surface area contributed by atoms with Crippen molar-refractivity contribution in [3.05, 3.63) is 28.2 Å². The molecule has 3 N–H and O–H groups in total. The van der Waals surface area contributed by atoms with E-state index in [0.717, 1.165) is 31.2 Å². The van der Waals surface area contributed by atoms with Gasteiger partial charge in [-0.05, 0) is 52.4 Å². The molecule has 0 heterocycles. The van der Waals surface area contributed by atoms with Crippen LogP contribution in [0.25, 0.3) is 0 Å². The Morgan fingerprint density at radius 1 is 1.33 bits per heavy atom. The Hall–Kier alpha value is -0.430. The van der Waals surface area contributed by atoms with E-state index < -0.39 is 10.0 Å². The van der Waals surface area contributed by atoms with Crippen LogP contribution in [0.3, 0.4) is 0 Å². The molecule has 2 unspecified atom stereocenters. The number of rotatable bonds is 5. The molecule has 1 saturated carbocycles. The molecule has 0 aliphatic heterocycles. The third kappa shape index (κ3) is 4.06. The summed E-state index contributed by atoms with van der Waals surface area (Å²) in [5.74, 6) is 0.440. The first-order chi connectivity index (χ1) is 9.97. The summed E-state index contributed by atoms with van der Waals surface area (Å²) in [5.41, 5.74) is 6.48. The van der Waals surface area contributed by atoms with Crippen LogP contribution in [-0.2, 0) is 16.6 Å². The van der Waals surface area contributed by atoms with Crippen molar-refractivity contribution in [3.63, 3.8) is 0 Å². The van der Waals surface area contributed by atoms with E-state index in [-0.39, 0.29) is 6.04 Å². The first kappa shape index (κ1) is 16.9. The van der Waals surface area contributed by atoms with E-state index in [9.17, 15) is 8.42 Å². The van der Waals surface area contributed by atoms with Gasteiger partial charge in [0.2, 0.25) is 10.0 Å². The summed E-state index contributed by atoms with van der Waals surface area (Å²) in [6, 6.07) is 5.21. The van der Waals surface area contributed by atoms with Gasteiger partial charge in [0.1, 0.15) is 0 Å². The number of nitrogens with two attached hydrogens (primary N) is 1. The van der Waals surface area contributed by atoms with Crippen molar-refractivity contribution in [2.75, 3.05) is 0 Å². The van der Waals surface area contributed by atoms with Crippen LogP contribution in [0.5, 0.6) is 0 Å². The number of sulfonamides is 1. The number of benzene rings is 1. The van der Waals surface area contributed by atoms with Gasteiger partial charge in [0.25, 0.3) is 0 Å². The maximum atomic E-state index is 12.6. The van der Waals surface area contributed by atoms with Gasteiger partial charge in [0.15, 0.2) is 0 Å². The highest BCUT2D eigenvalue weighted by Gasteiger charge is 2.29. The fourth-order valence-corrected chi connectivity index (χ4v) is 5.47. The van der Waals surface area contributed by atoms with Crippen molar-refractivity contribution >= 4 is 26.0 Å². The fraction of sp³-hybridized carbons (Fsp3) is 0.600. The molecule has 0 saturated heterocycles. The lowest BCUT2D eigenvalue weighted by Gasteiger charge is -2.31. The molecule has 1 aromatic rings. The normalized spacial score (nSPS) is 23.2. The molecule has 1 fully saturated rings. The summed E-state index contributed by atoms with van der Waals surface area (Å²) in [7, 11) is -3.50. The van der Waals surface area contributed by atoms with Gasteiger partial charge in [-0.3, -0.25) is 0 Å². The third-order valence-corrected chi connectivity index (χ3v) is 6.73. The van der Waals surface area contributed by atoms with E-state index in [1.54, 1.807) is 18.2 Å². The lowest BCUT2D eigenvalue weighted by atomic mass is 9.83. The molecule has 1 aromatic carbocycles. The largest absolute Gasteiger partial charge is 0.326 e. The molecule has 4 nitrogen and oxygen atoms in total. The number of hydrogen-bond donors (Lipinski definition) is 2. The Labute approximate surface area is 135 Å². The van der Waals surface area contributed by atoms with E-state index in [4.69, 9.17) is 5.73 Å². The van der Waals surface area contributed by atoms with E-state index in [2.05, 4.69) is 27.6 Å². The summed E-state index contributed by atoms with van der Waals surface area (Å²) in [6.07, 6.45) is 5.34. The van der Waals surface area contributed by atoms with Crippen LogP contribution >= 0.6 is 15.9 Å². The minimum absolute atomic E-state index is 0.0508. The van der Waals surface area contributed by atoms with Crippen molar-refractivity contribution < 1.29 is 8.42 Å². The molecule has 0 bridgehead atoms. The SMILES string of the molecule is CCC1CCCCC1NS(=O)(=O)c1ccc(CN)cc1Br. The second-order valence-electron chi connectivity index (χ2n) is 5.65. The molecule has 6 heteroatoms. The fourth-order valence-electron chi connectivity index (χ4n) is 3.00. The van der Waals surface area contributed by atoms with E-state index in [1.807, 2.05) is 0 Å². The smallest absolute Gasteiger partial charge is 0.241 e. The molecule has 118 valence electrons. The molecule has 0 radical (unpaired) electrons. The van der Waals surface area contributed by atoms with Crippen LogP contribution in [0, 0.1) is 5.92 Å². The summed E-state index contributed by atoms with van der Waals surface area (Å²) >= 11 is 3.35. The Kier molecular flexibility index (Phi) is 5.82. The van der Waals surface area contributed by atoms with Gasteiger partial charge in [-0.2, -0.15) is 0 Å². The van der Waals surface area contributed by atoms with Crippen molar-refractivity contribution in [2.45, 2.75) is 56.5 Å². The molecule has 0 amide bonds. The second kappa shape index (κ2) is 7.22. The number of nitrogens with one attached hydrogen (secondary N) is 1. The average molecular weight is 375 g/mol. The summed E-state index contributed by atoms with van der Waals surface area (Å²) in [4.78, 5) is 0.292. The van der Waals surface area contributed by atoms with Crippen molar-refractivity contribution in [3.8, 4) is 0 Å². The van der Waals surface area contributed by atoms with Crippen LogP contribution in [0.15, 0.2) is 27.6 Å². The zero-order valence-electron chi connectivity index (χ0n) is 12.3. The zero-order valence-corrected chi connectivity index (χ0v) is 14.7. The number of hydrogen-bond acceptors (Lipinski definition) is 3. The van der Waals surface area contributed by atoms with Gasteiger partial charge >= 0.3 is 0 Å². The molecule has 1 aliphatic rings. The lowest BCUT2D eigenvalue weighted by Crippen LogP contribution is -2.41. The van der Waals surface area contributed by atoms with Crippen LogP contribution in [0.4, 0.5) is 0 Å². The minimum Gasteiger partial charge on any atom is -0.326 e. The second-order valence-corrected chi connectivity index (χ2v) is 8.19. The summed E-state index contributed by atoms with van der Waals surface area (Å²) < 4.78 is 28.7. The maximum absolute atomic E-state index is 12.6. The molecule has 2 atom stereocenters. The first-order valence-electron chi connectivity index (χ1n) is 7.48. The van der Waals surface area contributed by atoms with Crippen molar-refractivity contribution in [1.29, 1.82) is 0 Å². The zero-order chi connectivity index (χ0) is 15.5. The molecule has 0 aromatic heterocycles. The molecular weight excluding hydrogens is 352 g/mol. The summed E-state index contributed by atoms with van der Waals surface area (Å²) in [5, 5.41) is 0. The van der Waals surface area contributed by atoms with Crippen LogP contribution in [-0.4, -0.2) is 14.5 Å². The van der Waals surface area contributed by atoms with Gasteiger partial charge in [0.05, 0.1) is 4.90 Å². The van der Waals surface area contributed by atoms with Gasteiger partial charge in [-0.15, -0.1) is 0 Å². The lowest BCUT2D eigenvalue weighted by molar-refractivity contribution is 0.282. The van der Waals surface area contributed by atoms with Crippen molar-refractivity contribution in [2.24, 2.45) is 11.7 Å². The molecule has 21 heavy (non-hydrogen) atoms. The predicted molar refractivity (Wildman–Crippen MR) is 88.4 cm³/mol. The minimum atomic E-state index is -3.50. The van der Waals surface area contributed by atoms with Gasteiger partial charge in [-0.25, -0.2) is 13.1 Å². The average Bonchev–Trinajstić information content (AvgIpc) is 2.47. The van der Waals surface area contributed by atoms with E-state index >= 15 is 0 Å². The standard InChI is InChI=1S/C15H23BrN2O2S/c1-2-12-5-3-4-6-14(12)18-21(19,20)15-8-7-11(10-17)9-13(15)16/h7-9,12,14,18H,2-6,10,17H2,1H3. The Balaban J connectivity index is 2.21. The monoisotopic (exact) mass is 374 g/mol. The van der Waals surface area contributed by atoms with Gasteiger partial charge in [-0.1, -0.05) is 32.3 Å². The highest BCUT2D eigenvalue weighted by Crippen LogP contribution is 2.29. The number of halogens is 1. The summed E-state index contributed by atoms with van der Waals surface area (Å²) in [6.45, 7) is 2.52. The topological polar surface area (TPSA) is 72.2 Å². The van der Waals surface area contributed by atoms with Crippen molar-refractivity contribution in [1.82, 2.24) is 4.72 Å². The highest BCUT2D eigenvalue weighted by molar-refractivity contribution is 9.10. The first-order valence-corrected chi connectivity index (χ1v) is 9.76. The molecule has 2 rings (SSSR count). The highest BCUT2D eigenvalue weighted by atomic mass is 79.9. The van der Waals surface area contributed by atoms with Gasteiger partial charge < -0.3 is 5.73 Å². The van der Waals surface area contributed by atoms with Gasteiger partial charge in [0, 0.05) is 17.1 Å².